The van der Waals surface area contributed by atoms with Gasteiger partial charge < -0.3 is 16.2 Å². The van der Waals surface area contributed by atoms with E-state index in [1.54, 1.807) is 6.07 Å². The molecule has 5 nitrogen and oxygen atoms in total. The Morgan fingerprint density at radius 2 is 1.84 bits per heavy atom. The van der Waals surface area contributed by atoms with Crippen LogP contribution in [0.15, 0.2) is 48.2 Å². The topological polar surface area (TPSA) is 95.4 Å². The van der Waals surface area contributed by atoms with Crippen LogP contribution in [0.2, 0.25) is 0 Å². The number of aryl methyl sites for hydroxylation is 1. The summed E-state index contributed by atoms with van der Waals surface area (Å²) in [5, 5.41) is 0. The summed E-state index contributed by atoms with van der Waals surface area (Å²) in [7, 11) is 0. The average Bonchev–Trinajstić information content (AvgIpc) is 3.09. The molecule has 2 aromatic carbocycles. The number of carbonyl (C=O) groups excluding carboxylic acids is 2. The summed E-state index contributed by atoms with van der Waals surface area (Å²) in [6, 6.07) is 13.4. The third kappa shape index (κ3) is 3.42. The van der Waals surface area contributed by atoms with Crippen LogP contribution in [0.4, 0.5) is 0 Å². The summed E-state index contributed by atoms with van der Waals surface area (Å²) < 4.78 is 6.53. The van der Waals surface area contributed by atoms with Crippen molar-refractivity contribution in [3.05, 3.63) is 76.0 Å². The molecule has 2 fully saturated rings. The second kappa shape index (κ2) is 7.26. The van der Waals surface area contributed by atoms with Crippen molar-refractivity contribution in [3.63, 3.8) is 0 Å². The monoisotopic (exact) mass is 416 g/mol. The fraction of sp³-hybridized carbons (Fsp3) is 0.385. The van der Waals surface area contributed by atoms with Gasteiger partial charge in [-0.15, -0.1) is 0 Å². The molecule has 0 aromatic heterocycles. The fourth-order valence-electron chi connectivity index (χ4n) is 6.13. The summed E-state index contributed by atoms with van der Waals surface area (Å²) in [6.07, 6.45) is 7.14. The van der Waals surface area contributed by atoms with Gasteiger partial charge in [-0.25, -0.2) is 0 Å². The summed E-state index contributed by atoms with van der Waals surface area (Å²) in [4.78, 5) is 23.1. The van der Waals surface area contributed by atoms with E-state index in [4.69, 9.17) is 16.2 Å². The maximum atomic E-state index is 11.6. The standard InChI is InChI=1S/C26H28N2O3/c1-26-10-9-21-20-7-6-18(25(28)30)13-16(20)5-8-22(21)23(26)14-19(31-26)12-15-3-2-4-17(11-15)24(27)29/h2-4,6-7,11-13,21-23H,5,8-10,14H2,1H3,(H2,27,29)(H2,28,30)/b19-12+/t21-,22-,23+,26+/m1/s1. The zero-order chi connectivity index (χ0) is 21.8. The second-order valence-corrected chi connectivity index (χ2v) is 9.45. The van der Waals surface area contributed by atoms with Gasteiger partial charge in [0.05, 0.1) is 5.76 Å². The van der Waals surface area contributed by atoms with Crippen LogP contribution in [0.3, 0.4) is 0 Å². The fourth-order valence-corrected chi connectivity index (χ4v) is 6.13. The summed E-state index contributed by atoms with van der Waals surface area (Å²) in [5.74, 6) is 1.74. The third-order valence-electron chi connectivity index (χ3n) is 7.63. The van der Waals surface area contributed by atoms with E-state index < -0.39 is 5.91 Å². The van der Waals surface area contributed by atoms with Gasteiger partial charge in [0, 0.05) is 23.5 Å². The number of hydrogen-bond acceptors (Lipinski definition) is 3. The maximum Gasteiger partial charge on any atom is 0.248 e. The van der Waals surface area contributed by atoms with Crippen LogP contribution in [0.1, 0.15) is 75.9 Å². The van der Waals surface area contributed by atoms with E-state index in [2.05, 4.69) is 19.1 Å². The van der Waals surface area contributed by atoms with Gasteiger partial charge in [0.25, 0.3) is 0 Å². The molecule has 31 heavy (non-hydrogen) atoms. The average molecular weight is 417 g/mol. The third-order valence-corrected chi connectivity index (χ3v) is 7.63. The van der Waals surface area contributed by atoms with Crippen molar-refractivity contribution >= 4 is 17.9 Å². The Kier molecular flexibility index (Phi) is 4.65. The number of primary amides is 2. The smallest absolute Gasteiger partial charge is 0.248 e. The lowest BCUT2D eigenvalue weighted by Crippen LogP contribution is -2.44. The number of nitrogens with two attached hydrogens (primary N) is 2. The molecule has 1 saturated carbocycles. The second-order valence-electron chi connectivity index (χ2n) is 9.45. The minimum absolute atomic E-state index is 0.154. The lowest BCUT2D eigenvalue weighted by Gasteiger charge is -2.47. The van der Waals surface area contributed by atoms with Gasteiger partial charge in [0.2, 0.25) is 11.8 Å². The van der Waals surface area contributed by atoms with E-state index in [-0.39, 0.29) is 11.5 Å². The quantitative estimate of drug-likeness (QED) is 0.786. The number of carbonyl (C=O) groups is 2. The Balaban J connectivity index is 1.42. The molecule has 5 rings (SSSR count). The molecule has 2 aromatic rings. The predicted octanol–water partition coefficient (Wildman–Crippen LogP) is 4.16. The van der Waals surface area contributed by atoms with E-state index in [0.717, 1.165) is 43.4 Å². The molecule has 3 aliphatic rings. The minimum Gasteiger partial charge on any atom is -0.492 e. The van der Waals surface area contributed by atoms with E-state index in [1.807, 2.05) is 30.3 Å². The SMILES string of the molecule is C[C@]12CC[C@@H]3c4ccc(C(N)=O)cc4CC[C@H]3[C@@H]1C/C(=C\c1cccc(C(N)=O)c1)O2. The van der Waals surface area contributed by atoms with Crippen LogP contribution in [0, 0.1) is 11.8 Å². The van der Waals surface area contributed by atoms with E-state index >= 15 is 0 Å². The van der Waals surface area contributed by atoms with Gasteiger partial charge in [-0.1, -0.05) is 18.2 Å². The first-order valence-corrected chi connectivity index (χ1v) is 11.1. The molecule has 0 unspecified atom stereocenters. The zero-order valence-electron chi connectivity index (χ0n) is 17.8. The Morgan fingerprint density at radius 1 is 1.06 bits per heavy atom. The molecule has 1 aliphatic heterocycles. The number of rotatable bonds is 3. The van der Waals surface area contributed by atoms with Crippen molar-refractivity contribution < 1.29 is 14.3 Å². The number of benzene rings is 2. The summed E-state index contributed by atoms with van der Waals surface area (Å²) in [5.41, 5.74) is 15.5. The van der Waals surface area contributed by atoms with Gasteiger partial charge in [0.15, 0.2) is 0 Å². The molecule has 0 spiro atoms. The van der Waals surface area contributed by atoms with Gasteiger partial charge in [-0.3, -0.25) is 9.59 Å². The first-order valence-electron chi connectivity index (χ1n) is 11.1. The van der Waals surface area contributed by atoms with Crippen LogP contribution in [0.5, 0.6) is 0 Å². The number of ether oxygens (including phenoxy) is 1. The lowest BCUT2D eigenvalue weighted by molar-refractivity contribution is -0.0386. The van der Waals surface area contributed by atoms with Crippen molar-refractivity contribution in [3.8, 4) is 0 Å². The minimum atomic E-state index is -0.420. The van der Waals surface area contributed by atoms with Crippen LogP contribution in [-0.2, 0) is 11.2 Å². The van der Waals surface area contributed by atoms with Gasteiger partial charge in [-0.05, 0) is 91.5 Å². The molecule has 1 saturated heterocycles. The largest absolute Gasteiger partial charge is 0.492 e. The van der Waals surface area contributed by atoms with Crippen molar-refractivity contribution in [1.82, 2.24) is 0 Å². The first kappa shape index (κ1) is 19.9. The highest BCUT2D eigenvalue weighted by molar-refractivity contribution is 5.93. The molecule has 160 valence electrons. The predicted molar refractivity (Wildman–Crippen MR) is 119 cm³/mol. The Bertz CT molecular complexity index is 1110. The van der Waals surface area contributed by atoms with Gasteiger partial charge in [0.1, 0.15) is 5.60 Å². The van der Waals surface area contributed by atoms with E-state index in [9.17, 15) is 9.59 Å². The molecular weight excluding hydrogens is 388 g/mol. The Labute approximate surface area is 182 Å². The first-order chi connectivity index (χ1) is 14.8. The lowest BCUT2D eigenvalue weighted by atomic mass is 9.58. The molecular formula is C26H28N2O3. The number of amides is 2. The molecule has 0 radical (unpaired) electrons. The normalized spacial score (nSPS) is 30.1. The van der Waals surface area contributed by atoms with E-state index in [0.29, 0.717) is 28.9 Å². The van der Waals surface area contributed by atoms with Crippen LogP contribution in [0.25, 0.3) is 6.08 Å². The summed E-state index contributed by atoms with van der Waals surface area (Å²) >= 11 is 0. The van der Waals surface area contributed by atoms with Crippen LogP contribution in [-0.4, -0.2) is 17.4 Å². The van der Waals surface area contributed by atoms with E-state index in [1.165, 1.54) is 11.1 Å². The molecule has 5 heteroatoms. The van der Waals surface area contributed by atoms with Crippen molar-refractivity contribution in [2.75, 3.05) is 0 Å². The molecule has 4 N–H and O–H groups in total. The van der Waals surface area contributed by atoms with Crippen molar-refractivity contribution in [2.24, 2.45) is 23.3 Å². The Hall–Kier alpha value is -3.08. The van der Waals surface area contributed by atoms with Crippen LogP contribution < -0.4 is 11.5 Å². The molecule has 0 bridgehead atoms. The highest BCUT2D eigenvalue weighted by Gasteiger charge is 2.53. The van der Waals surface area contributed by atoms with Gasteiger partial charge in [-0.2, -0.15) is 0 Å². The molecule has 1 heterocycles. The number of hydrogen-bond donors (Lipinski definition) is 2. The van der Waals surface area contributed by atoms with Crippen LogP contribution >= 0.6 is 0 Å². The van der Waals surface area contributed by atoms with Crippen molar-refractivity contribution in [1.29, 1.82) is 0 Å². The van der Waals surface area contributed by atoms with Crippen molar-refractivity contribution in [2.45, 2.75) is 50.5 Å². The molecule has 2 amide bonds. The summed E-state index contributed by atoms with van der Waals surface area (Å²) in [6.45, 7) is 2.25. The number of fused-ring (bicyclic) bond motifs is 5. The Morgan fingerprint density at radius 3 is 2.61 bits per heavy atom. The molecule has 4 atom stereocenters. The highest BCUT2D eigenvalue weighted by Crippen LogP contribution is 2.57. The molecule has 2 aliphatic carbocycles. The highest BCUT2D eigenvalue weighted by atomic mass is 16.5. The zero-order valence-corrected chi connectivity index (χ0v) is 17.8. The maximum absolute atomic E-state index is 11.6. The number of allylic oxidation sites excluding steroid dienone is 1. The van der Waals surface area contributed by atoms with Gasteiger partial charge >= 0.3 is 0 Å².